The molecule has 1 atom stereocenters. The summed E-state index contributed by atoms with van der Waals surface area (Å²) in [7, 11) is 3.10. The van der Waals surface area contributed by atoms with E-state index in [1.807, 2.05) is 0 Å². The zero-order valence-electron chi connectivity index (χ0n) is 11.4. The summed E-state index contributed by atoms with van der Waals surface area (Å²) in [6, 6.07) is 0.985. The van der Waals surface area contributed by atoms with Crippen LogP contribution in [0.5, 0.6) is 0 Å². The van der Waals surface area contributed by atoms with Crippen LogP contribution >= 0.6 is 0 Å². The lowest BCUT2D eigenvalue weighted by Gasteiger charge is -2.33. The van der Waals surface area contributed by atoms with E-state index < -0.39 is 11.9 Å². The van der Waals surface area contributed by atoms with E-state index in [9.17, 15) is 13.2 Å². The van der Waals surface area contributed by atoms with Gasteiger partial charge in [0.15, 0.2) is 5.69 Å². The molecular formula is C12H17F3N4O. The minimum Gasteiger partial charge on any atom is -0.380 e. The second-order valence-electron chi connectivity index (χ2n) is 4.63. The molecule has 1 aromatic heterocycles. The molecule has 1 aromatic rings. The van der Waals surface area contributed by atoms with Gasteiger partial charge in [-0.1, -0.05) is 0 Å². The highest BCUT2D eigenvalue weighted by Crippen LogP contribution is 2.31. The molecule has 1 aliphatic rings. The highest BCUT2D eigenvalue weighted by Gasteiger charge is 2.34. The lowest BCUT2D eigenvalue weighted by atomic mass is 10.1. The SMILES string of the molecule is CNc1nc(N2CCCC(OC)C2)cc(C(F)(F)F)n1. The average Bonchev–Trinajstić information content (AvgIpc) is 2.46. The minimum absolute atomic E-state index is 0.0195. The number of alkyl halides is 3. The van der Waals surface area contributed by atoms with E-state index >= 15 is 0 Å². The first-order valence-corrected chi connectivity index (χ1v) is 6.36. The van der Waals surface area contributed by atoms with Crippen molar-refractivity contribution in [2.24, 2.45) is 0 Å². The van der Waals surface area contributed by atoms with Gasteiger partial charge in [-0.2, -0.15) is 18.2 Å². The van der Waals surface area contributed by atoms with Gasteiger partial charge in [0.05, 0.1) is 6.10 Å². The van der Waals surface area contributed by atoms with Crippen molar-refractivity contribution in [2.45, 2.75) is 25.1 Å². The van der Waals surface area contributed by atoms with E-state index in [1.165, 1.54) is 7.05 Å². The van der Waals surface area contributed by atoms with E-state index in [2.05, 4.69) is 15.3 Å². The number of piperidine rings is 1. The van der Waals surface area contributed by atoms with Crippen molar-refractivity contribution < 1.29 is 17.9 Å². The Morgan fingerprint density at radius 1 is 1.40 bits per heavy atom. The number of nitrogens with zero attached hydrogens (tertiary/aromatic N) is 3. The first-order chi connectivity index (χ1) is 9.44. The maximum Gasteiger partial charge on any atom is 0.433 e. The van der Waals surface area contributed by atoms with Crippen LogP contribution in [0.3, 0.4) is 0 Å². The summed E-state index contributed by atoms with van der Waals surface area (Å²) in [4.78, 5) is 9.36. The Morgan fingerprint density at radius 2 is 2.15 bits per heavy atom. The van der Waals surface area contributed by atoms with Crippen LogP contribution in [0.1, 0.15) is 18.5 Å². The van der Waals surface area contributed by atoms with Crippen molar-refractivity contribution in [3.8, 4) is 0 Å². The molecule has 0 bridgehead atoms. The van der Waals surface area contributed by atoms with Crippen molar-refractivity contribution in [3.63, 3.8) is 0 Å². The van der Waals surface area contributed by atoms with Crippen LogP contribution in [-0.2, 0) is 10.9 Å². The lowest BCUT2D eigenvalue weighted by Crippen LogP contribution is -2.40. The average molecular weight is 290 g/mol. The zero-order chi connectivity index (χ0) is 14.8. The fraction of sp³-hybridized carbons (Fsp3) is 0.667. The molecule has 5 nitrogen and oxygen atoms in total. The summed E-state index contributed by atoms with van der Waals surface area (Å²) >= 11 is 0. The third-order valence-electron chi connectivity index (χ3n) is 3.26. The van der Waals surface area contributed by atoms with Gasteiger partial charge in [-0.3, -0.25) is 0 Å². The van der Waals surface area contributed by atoms with Gasteiger partial charge in [0.1, 0.15) is 5.82 Å². The fourth-order valence-corrected chi connectivity index (χ4v) is 2.19. The maximum absolute atomic E-state index is 12.8. The van der Waals surface area contributed by atoms with E-state index in [-0.39, 0.29) is 17.9 Å². The molecule has 0 aromatic carbocycles. The molecule has 1 N–H and O–H groups in total. The van der Waals surface area contributed by atoms with Crippen LogP contribution in [0.25, 0.3) is 0 Å². The third-order valence-corrected chi connectivity index (χ3v) is 3.26. The predicted molar refractivity (Wildman–Crippen MR) is 68.8 cm³/mol. The molecule has 1 fully saturated rings. The van der Waals surface area contributed by atoms with Crippen molar-refractivity contribution in [3.05, 3.63) is 11.8 Å². The molecule has 0 spiro atoms. The highest BCUT2D eigenvalue weighted by molar-refractivity contribution is 5.46. The number of hydrogen-bond acceptors (Lipinski definition) is 5. The smallest absolute Gasteiger partial charge is 0.380 e. The van der Waals surface area contributed by atoms with E-state index in [0.29, 0.717) is 13.1 Å². The van der Waals surface area contributed by atoms with Crippen LogP contribution in [0.15, 0.2) is 6.07 Å². The van der Waals surface area contributed by atoms with Gasteiger partial charge in [-0.05, 0) is 12.8 Å². The molecule has 20 heavy (non-hydrogen) atoms. The van der Waals surface area contributed by atoms with Gasteiger partial charge in [-0.25, -0.2) is 4.98 Å². The molecule has 0 aliphatic carbocycles. The van der Waals surface area contributed by atoms with Crippen molar-refractivity contribution >= 4 is 11.8 Å². The number of hydrogen-bond donors (Lipinski definition) is 1. The normalized spacial score (nSPS) is 20.1. The minimum atomic E-state index is -4.49. The molecule has 0 saturated carbocycles. The molecule has 2 heterocycles. The Labute approximate surface area is 115 Å². The van der Waals surface area contributed by atoms with Crippen LogP contribution in [0.2, 0.25) is 0 Å². The molecule has 0 radical (unpaired) electrons. The Hall–Kier alpha value is -1.57. The predicted octanol–water partition coefficient (Wildman–Crippen LogP) is 2.15. The first-order valence-electron chi connectivity index (χ1n) is 6.36. The Morgan fingerprint density at radius 3 is 2.75 bits per heavy atom. The zero-order valence-corrected chi connectivity index (χ0v) is 11.4. The summed E-state index contributed by atoms with van der Waals surface area (Å²) in [6.07, 6.45) is -2.70. The molecule has 0 amide bonds. The molecular weight excluding hydrogens is 273 g/mol. The number of aromatic nitrogens is 2. The Bertz CT molecular complexity index is 467. The van der Waals surface area contributed by atoms with Crippen LogP contribution in [0.4, 0.5) is 24.9 Å². The van der Waals surface area contributed by atoms with Gasteiger partial charge in [-0.15, -0.1) is 0 Å². The number of nitrogens with one attached hydrogen (secondary N) is 1. The van der Waals surface area contributed by atoms with Crippen molar-refractivity contribution in [1.29, 1.82) is 0 Å². The summed E-state index contributed by atoms with van der Waals surface area (Å²) in [5.74, 6) is 0.243. The Kier molecular flexibility index (Phi) is 4.32. The molecule has 1 aliphatic heterocycles. The fourth-order valence-electron chi connectivity index (χ4n) is 2.19. The quantitative estimate of drug-likeness (QED) is 0.924. The number of methoxy groups -OCH3 is 1. The number of ether oxygens (including phenoxy) is 1. The van der Waals surface area contributed by atoms with Gasteiger partial charge in [0, 0.05) is 33.3 Å². The van der Waals surface area contributed by atoms with Gasteiger partial charge in [0.2, 0.25) is 5.95 Å². The molecule has 1 saturated heterocycles. The standard InChI is InChI=1S/C12H17F3N4O/c1-16-11-17-9(12(13,14)15)6-10(18-11)19-5-3-4-8(7-19)20-2/h6,8H,3-5,7H2,1-2H3,(H,16,17,18). The molecule has 8 heteroatoms. The third kappa shape index (κ3) is 3.30. The summed E-state index contributed by atoms with van der Waals surface area (Å²) < 4.78 is 43.8. The second kappa shape index (κ2) is 5.82. The topological polar surface area (TPSA) is 50.3 Å². The van der Waals surface area contributed by atoms with Crippen LogP contribution in [-0.4, -0.2) is 43.3 Å². The summed E-state index contributed by atoms with van der Waals surface area (Å²) in [5, 5.41) is 2.56. The van der Waals surface area contributed by atoms with Gasteiger partial charge < -0.3 is 15.0 Å². The van der Waals surface area contributed by atoms with E-state index in [0.717, 1.165) is 18.9 Å². The summed E-state index contributed by atoms with van der Waals surface area (Å²) in [6.45, 7) is 1.20. The van der Waals surface area contributed by atoms with E-state index in [1.54, 1.807) is 12.0 Å². The van der Waals surface area contributed by atoms with Gasteiger partial charge in [0.25, 0.3) is 0 Å². The first kappa shape index (κ1) is 14.8. The summed E-state index contributed by atoms with van der Waals surface area (Å²) in [5.41, 5.74) is -0.939. The van der Waals surface area contributed by atoms with Crippen molar-refractivity contribution in [1.82, 2.24) is 9.97 Å². The van der Waals surface area contributed by atoms with E-state index in [4.69, 9.17) is 4.74 Å². The largest absolute Gasteiger partial charge is 0.433 e. The second-order valence-corrected chi connectivity index (χ2v) is 4.63. The van der Waals surface area contributed by atoms with Crippen LogP contribution in [0, 0.1) is 0 Å². The van der Waals surface area contributed by atoms with Gasteiger partial charge >= 0.3 is 6.18 Å². The number of anilines is 2. The maximum atomic E-state index is 12.8. The highest BCUT2D eigenvalue weighted by atomic mass is 19.4. The number of halogens is 3. The molecule has 1 unspecified atom stereocenters. The van der Waals surface area contributed by atoms with Crippen LogP contribution < -0.4 is 10.2 Å². The van der Waals surface area contributed by atoms with Crippen molar-refractivity contribution in [2.75, 3.05) is 37.5 Å². The Balaban J connectivity index is 2.30. The number of rotatable bonds is 3. The molecule has 112 valence electrons. The monoisotopic (exact) mass is 290 g/mol. The lowest BCUT2D eigenvalue weighted by molar-refractivity contribution is -0.141. The molecule has 2 rings (SSSR count).